The lowest BCUT2D eigenvalue weighted by molar-refractivity contribution is -0.188. The second-order valence-corrected chi connectivity index (χ2v) is 7.10. The number of benzene rings is 1. The third-order valence-corrected chi connectivity index (χ3v) is 5.49. The minimum atomic E-state index is -4.62. The lowest BCUT2D eigenvalue weighted by Gasteiger charge is -2.43. The van der Waals surface area contributed by atoms with Crippen LogP contribution in [-0.4, -0.2) is 41.1 Å². The van der Waals surface area contributed by atoms with Crippen LogP contribution in [0, 0.1) is 17.3 Å². The largest absolute Gasteiger partial charge is 0.481 e. The number of carboxylic acid groups (broad SMARTS) is 1. The highest BCUT2D eigenvalue weighted by Gasteiger charge is 2.56. The average molecular weight is 392 g/mol. The molecule has 1 aromatic rings. The number of hydrogen-bond donors (Lipinski definition) is 1. The van der Waals surface area contributed by atoms with Crippen LogP contribution in [0.15, 0.2) is 30.3 Å². The molecule has 2 fully saturated rings. The molecule has 144 valence electrons. The molecule has 1 N–H and O–H groups in total. The highest BCUT2D eigenvalue weighted by molar-refractivity contribution is 5.86. The van der Waals surface area contributed by atoms with Crippen molar-refractivity contribution in [1.29, 1.82) is 0 Å². The molecule has 0 spiro atoms. The van der Waals surface area contributed by atoms with Crippen molar-refractivity contribution in [3.05, 3.63) is 35.9 Å². The number of hydrogen-bond acceptors (Lipinski definition) is 2. The number of rotatable bonds is 4. The summed E-state index contributed by atoms with van der Waals surface area (Å²) in [5.41, 5.74) is 0.280. The Labute approximate surface area is 155 Å². The Kier molecular flexibility index (Phi) is 5.90. The van der Waals surface area contributed by atoms with E-state index in [0.717, 1.165) is 16.9 Å². The van der Waals surface area contributed by atoms with Gasteiger partial charge in [-0.3, -0.25) is 9.59 Å². The van der Waals surface area contributed by atoms with Crippen LogP contribution in [-0.2, 0) is 16.0 Å². The van der Waals surface area contributed by atoms with Gasteiger partial charge in [-0.1, -0.05) is 36.8 Å². The molecule has 1 aliphatic carbocycles. The monoisotopic (exact) mass is 391 g/mol. The molecule has 0 radical (unpaired) electrons. The molecule has 26 heavy (non-hydrogen) atoms. The molecular weight excluding hydrogens is 371 g/mol. The number of nitrogens with zero attached hydrogens (tertiary/aromatic N) is 1. The van der Waals surface area contributed by atoms with Gasteiger partial charge in [-0.25, -0.2) is 0 Å². The van der Waals surface area contributed by atoms with Crippen molar-refractivity contribution in [2.24, 2.45) is 17.3 Å². The number of carbonyl (C=O) groups excluding carboxylic acids is 1. The Hall–Kier alpha value is -1.76. The smallest absolute Gasteiger partial charge is 0.394 e. The summed E-state index contributed by atoms with van der Waals surface area (Å²) in [5, 5.41) is 9.12. The number of likely N-dealkylation sites (tertiary alicyclic amines) is 1. The lowest BCUT2D eigenvalue weighted by atomic mass is 9.64. The maximum absolute atomic E-state index is 13.1. The first-order chi connectivity index (χ1) is 11.7. The zero-order valence-electron chi connectivity index (χ0n) is 14.0. The first-order valence-corrected chi connectivity index (χ1v) is 8.36. The highest BCUT2D eigenvalue weighted by atomic mass is 35.5. The first-order valence-electron chi connectivity index (χ1n) is 8.36. The van der Waals surface area contributed by atoms with Gasteiger partial charge in [0.15, 0.2) is 0 Å². The Morgan fingerprint density at radius 1 is 1.15 bits per heavy atom. The third-order valence-electron chi connectivity index (χ3n) is 5.49. The van der Waals surface area contributed by atoms with E-state index < -0.39 is 35.9 Å². The van der Waals surface area contributed by atoms with E-state index in [-0.39, 0.29) is 24.9 Å². The van der Waals surface area contributed by atoms with Crippen molar-refractivity contribution < 1.29 is 27.9 Å². The molecule has 0 unspecified atom stereocenters. The summed E-state index contributed by atoms with van der Waals surface area (Å²) in [6.45, 7) is -0.926. The standard InChI is InChI=1S/C18H20F3NO3.ClH/c19-18(20,21)14-11-22(10-13(14)15(23)24)16(25)17(7-4-8-17)9-12-5-2-1-3-6-12;/h1-3,5-6,13-14H,4,7-11H2,(H,23,24);1H/t13-,14-;/m1./s1. The van der Waals surface area contributed by atoms with Crippen LogP contribution >= 0.6 is 12.4 Å². The fraction of sp³-hybridized carbons (Fsp3) is 0.556. The maximum Gasteiger partial charge on any atom is 0.394 e. The fourth-order valence-corrected chi connectivity index (χ4v) is 3.94. The molecule has 3 rings (SSSR count). The van der Waals surface area contributed by atoms with E-state index in [0.29, 0.717) is 19.3 Å². The molecule has 0 aromatic heterocycles. The van der Waals surface area contributed by atoms with Crippen LogP contribution in [0.25, 0.3) is 0 Å². The maximum atomic E-state index is 13.1. The molecule has 1 heterocycles. The highest BCUT2D eigenvalue weighted by Crippen LogP contribution is 2.47. The number of carboxylic acids is 1. The van der Waals surface area contributed by atoms with Gasteiger partial charge in [-0.2, -0.15) is 13.2 Å². The second kappa shape index (κ2) is 7.47. The summed E-state index contributed by atoms with van der Waals surface area (Å²) < 4.78 is 39.4. The molecule has 2 aliphatic rings. The number of aliphatic carboxylic acids is 1. The van der Waals surface area contributed by atoms with Crippen LogP contribution in [0.4, 0.5) is 13.2 Å². The van der Waals surface area contributed by atoms with E-state index >= 15 is 0 Å². The zero-order valence-corrected chi connectivity index (χ0v) is 14.9. The van der Waals surface area contributed by atoms with Crippen molar-refractivity contribution in [1.82, 2.24) is 4.90 Å². The SMILES string of the molecule is Cl.O=C(O)[C@@H]1CN(C(=O)C2(Cc3ccccc3)CCC2)C[C@H]1C(F)(F)F. The summed E-state index contributed by atoms with van der Waals surface area (Å²) in [6, 6.07) is 9.39. The molecule has 0 bridgehead atoms. The van der Waals surface area contributed by atoms with Crippen LogP contribution in [0.2, 0.25) is 0 Å². The molecule has 1 amide bonds. The van der Waals surface area contributed by atoms with Crippen molar-refractivity contribution in [3.63, 3.8) is 0 Å². The summed E-state index contributed by atoms with van der Waals surface area (Å²) >= 11 is 0. The molecule has 8 heteroatoms. The number of alkyl halides is 3. The van der Waals surface area contributed by atoms with Gasteiger partial charge in [0.05, 0.1) is 17.3 Å². The summed E-state index contributed by atoms with van der Waals surface area (Å²) in [4.78, 5) is 25.3. The summed E-state index contributed by atoms with van der Waals surface area (Å²) in [6.07, 6.45) is -2.02. The topological polar surface area (TPSA) is 57.6 Å². The van der Waals surface area contributed by atoms with E-state index in [1.165, 1.54) is 0 Å². The van der Waals surface area contributed by atoms with E-state index in [9.17, 15) is 22.8 Å². The van der Waals surface area contributed by atoms with E-state index in [2.05, 4.69) is 0 Å². The van der Waals surface area contributed by atoms with Gasteiger partial charge in [0.25, 0.3) is 0 Å². The van der Waals surface area contributed by atoms with Crippen LogP contribution in [0.3, 0.4) is 0 Å². The normalized spacial score (nSPS) is 24.5. The first kappa shape index (κ1) is 20.6. The van der Waals surface area contributed by atoms with Crippen molar-refractivity contribution in [2.75, 3.05) is 13.1 Å². The van der Waals surface area contributed by atoms with E-state index in [4.69, 9.17) is 5.11 Å². The van der Waals surface area contributed by atoms with Crippen molar-refractivity contribution in [2.45, 2.75) is 31.9 Å². The number of carbonyl (C=O) groups is 2. The van der Waals surface area contributed by atoms with Crippen LogP contribution in [0.5, 0.6) is 0 Å². The molecule has 1 aliphatic heterocycles. The van der Waals surface area contributed by atoms with Crippen LogP contribution in [0.1, 0.15) is 24.8 Å². The fourth-order valence-electron chi connectivity index (χ4n) is 3.94. The van der Waals surface area contributed by atoms with Gasteiger partial charge in [0.2, 0.25) is 5.91 Å². The van der Waals surface area contributed by atoms with Crippen molar-refractivity contribution >= 4 is 24.3 Å². The van der Waals surface area contributed by atoms with Crippen molar-refractivity contribution in [3.8, 4) is 0 Å². The molecule has 1 aromatic carbocycles. The Morgan fingerprint density at radius 3 is 2.19 bits per heavy atom. The van der Waals surface area contributed by atoms with Gasteiger partial charge < -0.3 is 10.0 Å². The zero-order chi connectivity index (χ0) is 18.2. The molecule has 4 nitrogen and oxygen atoms in total. The van der Waals surface area contributed by atoms with Gasteiger partial charge in [-0.05, 0) is 24.8 Å². The average Bonchev–Trinajstić information content (AvgIpc) is 2.97. The molecule has 2 atom stereocenters. The molecule has 1 saturated heterocycles. The lowest BCUT2D eigenvalue weighted by Crippen LogP contribution is -2.49. The molecular formula is C18H21ClF3NO3. The number of halogens is 4. The molecule has 1 saturated carbocycles. The third kappa shape index (κ3) is 3.82. The quantitative estimate of drug-likeness (QED) is 0.854. The van der Waals surface area contributed by atoms with Gasteiger partial charge >= 0.3 is 12.1 Å². The second-order valence-electron chi connectivity index (χ2n) is 7.10. The van der Waals surface area contributed by atoms with Gasteiger partial charge in [0, 0.05) is 13.1 Å². The van der Waals surface area contributed by atoms with E-state index in [1.807, 2.05) is 30.3 Å². The number of amides is 1. The Bertz CT molecular complexity index is 661. The predicted molar refractivity (Wildman–Crippen MR) is 90.9 cm³/mol. The Morgan fingerprint density at radius 2 is 1.77 bits per heavy atom. The minimum Gasteiger partial charge on any atom is -0.481 e. The Balaban J connectivity index is 0.00000243. The van der Waals surface area contributed by atoms with E-state index in [1.54, 1.807) is 0 Å². The van der Waals surface area contributed by atoms with Gasteiger partial charge in [0.1, 0.15) is 0 Å². The van der Waals surface area contributed by atoms with Gasteiger partial charge in [-0.15, -0.1) is 12.4 Å². The summed E-state index contributed by atoms with van der Waals surface area (Å²) in [5.74, 6) is -5.41. The minimum absolute atomic E-state index is 0. The van der Waals surface area contributed by atoms with Crippen LogP contribution < -0.4 is 0 Å². The predicted octanol–water partition coefficient (Wildman–Crippen LogP) is 3.54. The summed E-state index contributed by atoms with van der Waals surface area (Å²) in [7, 11) is 0.